The molecule has 1 rings (SSSR count). The molecule has 0 saturated carbocycles. The first-order valence-corrected chi connectivity index (χ1v) is 5.40. The fourth-order valence-corrected chi connectivity index (χ4v) is 1.88. The van der Waals surface area contributed by atoms with Crippen LogP contribution < -0.4 is 4.83 Å². The van der Waals surface area contributed by atoms with Crippen LogP contribution in [0.3, 0.4) is 0 Å². The lowest BCUT2D eigenvalue weighted by molar-refractivity contribution is -0.556. The highest BCUT2D eigenvalue weighted by atomic mass is 32.2. The van der Waals surface area contributed by atoms with Crippen molar-refractivity contribution < 1.29 is 13.3 Å². The van der Waals surface area contributed by atoms with E-state index in [0.29, 0.717) is 0 Å². The van der Waals surface area contributed by atoms with Gasteiger partial charge >= 0.3 is 10.0 Å². The zero-order valence-corrected chi connectivity index (χ0v) is 8.71. The molecule has 0 amide bonds. The summed E-state index contributed by atoms with van der Waals surface area (Å²) in [5.74, 6) is 0. The van der Waals surface area contributed by atoms with Gasteiger partial charge in [0.05, 0.1) is 9.80 Å². The standard InChI is InChI=1S/C8H11N2O3S/c1-7-3-5-8(6-4-7)14(12,13)9-10(2)11/h3-6H,1-2H3,(H,9,11)/q+1. The number of aryl methyl sites for hydroxylation is 1. The summed E-state index contributed by atoms with van der Waals surface area (Å²) in [5.41, 5.74) is 0.958. The van der Waals surface area contributed by atoms with Crippen LogP contribution in [-0.4, -0.2) is 20.3 Å². The summed E-state index contributed by atoms with van der Waals surface area (Å²) in [6.45, 7) is 1.85. The molecule has 6 heteroatoms. The molecular weight excluding hydrogens is 204 g/mol. The van der Waals surface area contributed by atoms with E-state index in [2.05, 4.69) is 0 Å². The predicted octanol–water partition coefficient (Wildman–Crippen LogP) is 0.597. The van der Waals surface area contributed by atoms with Crippen molar-refractivity contribution in [2.75, 3.05) is 7.05 Å². The van der Waals surface area contributed by atoms with E-state index in [1.54, 1.807) is 17.0 Å². The summed E-state index contributed by atoms with van der Waals surface area (Å²) < 4.78 is 22.8. The van der Waals surface area contributed by atoms with Crippen molar-refractivity contribution in [3.8, 4) is 0 Å². The minimum absolute atomic E-state index is 0.0748. The first-order chi connectivity index (χ1) is 6.42. The van der Waals surface area contributed by atoms with Gasteiger partial charge in [0.2, 0.25) is 7.05 Å². The highest BCUT2D eigenvalue weighted by molar-refractivity contribution is 7.89. The van der Waals surface area contributed by atoms with Gasteiger partial charge in [-0.1, -0.05) is 17.7 Å². The van der Waals surface area contributed by atoms with E-state index in [0.717, 1.165) is 12.6 Å². The summed E-state index contributed by atoms with van der Waals surface area (Å²) >= 11 is 0. The summed E-state index contributed by atoms with van der Waals surface area (Å²) in [7, 11) is -2.64. The molecule has 0 atom stereocenters. The van der Waals surface area contributed by atoms with Crippen molar-refractivity contribution in [2.24, 2.45) is 0 Å². The van der Waals surface area contributed by atoms with Crippen LogP contribution in [0.15, 0.2) is 29.2 Å². The number of hydrogen-bond acceptors (Lipinski definition) is 3. The summed E-state index contributed by atoms with van der Waals surface area (Å²) in [4.78, 5) is 12.6. The number of rotatable bonds is 3. The number of benzene rings is 1. The van der Waals surface area contributed by atoms with E-state index in [9.17, 15) is 13.3 Å². The zero-order chi connectivity index (χ0) is 10.8. The Bertz CT molecular complexity index is 436. The molecule has 0 aliphatic rings. The predicted molar refractivity (Wildman–Crippen MR) is 51.1 cm³/mol. The number of nitrogens with one attached hydrogen (secondary N) is 1. The van der Waals surface area contributed by atoms with Gasteiger partial charge in [0.25, 0.3) is 0 Å². The minimum Gasteiger partial charge on any atom is -0.196 e. The molecule has 1 aromatic carbocycles. The molecule has 14 heavy (non-hydrogen) atoms. The van der Waals surface area contributed by atoms with Gasteiger partial charge < -0.3 is 0 Å². The number of nitrogens with zero attached hydrogens (tertiary/aromatic N) is 1. The van der Waals surface area contributed by atoms with Crippen molar-refractivity contribution in [2.45, 2.75) is 11.8 Å². The largest absolute Gasteiger partial charge is 0.309 e. The molecule has 1 aromatic rings. The first kappa shape index (κ1) is 10.6. The highest BCUT2D eigenvalue weighted by Gasteiger charge is 2.18. The monoisotopic (exact) mass is 215 g/mol. The van der Waals surface area contributed by atoms with Crippen LogP contribution in [0.1, 0.15) is 5.56 Å². The summed E-state index contributed by atoms with van der Waals surface area (Å²) in [6, 6.07) is 6.22. The van der Waals surface area contributed by atoms with Crippen LogP contribution in [0.2, 0.25) is 0 Å². The molecule has 0 heterocycles. The van der Waals surface area contributed by atoms with Crippen molar-refractivity contribution in [3.05, 3.63) is 34.7 Å². The van der Waals surface area contributed by atoms with Crippen LogP contribution >= 0.6 is 0 Å². The molecule has 0 fully saturated rings. The third-order valence-electron chi connectivity index (χ3n) is 1.58. The van der Waals surface area contributed by atoms with Crippen molar-refractivity contribution in [1.29, 1.82) is 0 Å². The van der Waals surface area contributed by atoms with Gasteiger partial charge in [0, 0.05) is 0 Å². The Morgan fingerprint density at radius 2 is 1.71 bits per heavy atom. The molecule has 0 bridgehead atoms. The second kappa shape index (κ2) is 3.75. The summed E-state index contributed by atoms with van der Waals surface area (Å²) in [6.07, 6.45) is 0. The minimum atomic E-state index is -3.71. The maximum Gasteiger partial charge on any atom is 0.309 e. The zero-order valence-electron chi connectivity index (χ0n) is 7.89. The van der Waals surface area contributed by atoms with Crippen LogP contribution in [0.25, 0.3) is 0 Å². The molecule has 0 radical (unpaired) electrons. The second-order valence-corrected chi connectivity index (χ2v) is 4.57. The van der Waals surface area contributed by atoms with E-state index < -0.39 is 10.0 Å². The number of nitroso groups, excluding NO2 is 1. The van der Waals surface area contributed by atoms with Crippen molar-refractivity contribution in [1.82, 2.24) is 4.83 Å². The Morgan fingerprint density at radius 3 is 2.14 bits per heavy atom. The number of sulfonamides is 1. The lowest BCUT2D eigenvalue weighted by atomic mass is 10.2. The molecule has 76 valence electrons. The van der Waals surface area contributed by atoms with Gasteiger partial charge in [0.15, 0.2) is 0 Å². The average Bonchev–Trinajstić information content (AvgIpc) is 2.02. The third kappa shape index (κ3) is 2.53. The van der Waals surface area contributed by atoms with Crippen LogP contribution in [0.5, 0.6) is 0 Å². The van der Waals surface area contributed by atoms with Crippen LogP contribution in [0.4, 0.5) is 0 Å². The molecule has 0 aliphatic carbocycles. The van der Waals surface area contributed by atoms with E-state index in [-0.39, 0.29) is 9.76 Å². The molecule has 0 saturated heterocycles. The van der Waals surface area contributed by atoms with Gasteiger partial charge in [-0.05, 0) is 23.9 Å². The van der Waals surface area contributed by atoms with Gasteiger partial charge in [-0.2, -0.15) is 8.42 Å². The Kier molecular flexibility index (Phi) is 2.85. The molecule has 1 N–H and O–H groups in total. The van der Waals surface area contributed by atoms with Gasteiger partial charge in [-0.25, -0.2) is 0 Å². The molecular formula is C8H11N2O3S+. The van der Waals surface area contributed by atoms with Crippen molar-refractivity contribution in [3.63, 3.8) is 0 Å². The number of hydrazine groups is 1. The third-order valence-corrected chi connectivity index (χ3v) is 2.97. The summed E-state index contributed by atoms with van der Waals surface area (Å²) in [5, 5.41) is 0. The maximum atomic E-state index is 11.4. The molecule has 5 nitrogen and oxygen atoms in total. The van der Waals surface area contributed by atoms with Crippen molar-refractivity contribution >= 4 is 10.0 Å². The lowest BCUT2D eigenvalue weighted by Gasteiger charge is -1.99. The maximum absolute atomic E-state index is 11.4. The Balaban J connectivity index is 3.05. The van der Waals surface area contributed by atoms with E-state index >= 15 is 0 Å². The van der Waals surface area contributed by atoms with Gasteiger partial charge in [0.1, 0.15) is 4.87 Å². The second-order valence-electron chi connectivity index (χ2n) is 2.91. The smallest absolute Gasteiger partial charge is 0.196 e. The SMILES string of the molecule is Cc1ccc(S(=O)(=O)N[N+](C)=O)cc1. The molecule has 0 aromatic heterocycles. The average molecular weight is 215 g/mol. The van der Waals surface area contributed by atoms with Gasteiger partial charge in [-0.15, -0.1) is 0 Å². The van der Waals surface area contributed by atoms with E-state index in [4.69, 9.17) is 0 Å². The molecule has 0 unspecified atom stereocenters. The van der Waals surface area contributed by atoms with Crippen LogP contribution in [-0.2, 0) is 10.0 Å². The quantitative estimate of drug-likeness (QED) is 0.593. The Morgan fingerprint density at radius 1 is 1.21 bits per heavy atom. The van der Waals surface area contributed by atoms with E-state index in [1.165, 1.54) is 12.1 Å². The van der Waals surface area contributed by atoms with Gasteiger partial charge in [-0.3, -0.25) is 0 Å². The normalized spacial score (nSPS) is 11.0. The first-order valence-electron chi connectivity index (χ1n) is 3.92. The fraction of sp³-hybridized carbons (Fsp3) is 0.250. The molecule has 0 spiro atoms. The topological polar surface area (TPSA) is 66.2 Å². The number of hydrogen-bond donors (Lipinski definition) is 1. The Hall–Kier alpha value is -1.43. The molecule has 0 aliphatic heterocycles. The lowest BCUT2D eigenvalue weighted by Crippen LogP contribution is -2.30. The highest BCUT2D eigenvalue weighted by Crippen LogP contribution is 2.09. The van der Waals surface area contributed by atoms with E-state index in [1.807, 2.05) is 6.92 Å². The fourth-order valence-electron chi connectivity index (χ4n) is 0.939. The Labute approximate surface area is 82.3 Å². The van der Waals surface area contributed by atoms with Crippen LogP contribution in [0, 0.1) is 11.8 Å².